The quantitative estimate of drug-likeness (QED) is 0.276. The molecule has 0 amide bonds. The summed E-state index contributed by atoms with van der Waals surface area (Å²) in [6.07, 6.45) is 1.36. The number of carbonyl (C=O) groups is 4. The molecule has 1 aromatic carbocycles. The third-order valence-electron chi connectivity index (χ3n) is 6.55. The van der Waals surface area contributed by atoms with Gasteiger partial charge in [-0.1, -0.05) is 47.6 Å². The van der Waals surface area contributed by atoms with Crippen LogP contribution in [0.4, 0.5) is 0 Å². The highest BCUT2D eigenvalue weighted by Gasteiger charge is 2.36. The Hall–Kier alpha value is -2.94. The van der Waals surface area contributed by atoms with E-state index in [1.54, 1.807) is 33.8 Å². The maximum Gasteiger partial charge on any atom is 0.321 e. The van der Waals surface area contributed by atoms with Gasteiger partial charge in [0.25, 0.3) is 0 Å². The van der Waals surface area contributed by atoms with E-state index in [0.717, 1.165) is 0 Å². The smallest absolute Gasteiger partial charge is 0.321 e. The Morgan fingerprint density at radius 3 is 1.89 bits per heavy atom. The number of hydrogen-bond donors (Lipinski definition) is 2. The summed E-state index contributed by atoms with van der Waals surface area (Å²) < 4.78 is 16.6. The second-order valence-corrected chi connectivity index (χ2v) is 9.36. The van der Waals surface area contributed by atoms with Gasteiger partial charge < -0.3 is 25.1 Å². The molecular formula is C27H41NO8. The molecule has 0 heterocycles. The van der Waals surface area contributed by atoms with Crippen molar-refractivity contribution in [3.05, 3.63) is 23.8 Å². The van der Waals surface area contributed by atoms with Gasteiger partial charge in [-0.2, -0.15) is 0 Å². The van der Waals surface area contributed by atoms with Crippen molar-refractivity contribution in [2.75, 3.05) is 0 Å². The number of esters is 3. The van der Waals surface area contributed by atoms with Crippen LogP contribution in [0.1, 0.15) is 85.6 Å². The van der Waals surface area contributed by atoms with Crippen LogP contribution in [0, 0.1) is 17.8 Å². The zero-order valence-electron chi connectivity index (χ0n) is 22.4. The predicted molar refractivity (Wildman–Crippen MR) is 135 cm³/mol. The molecule has 0 aromatic heterocycles. The molecule has 0 aliphatic heterocycles. The molecule has 3 N–H and O–H groups in total. The molecule has 9 nitrogen and oxygen atoms in total. The normalized spacial score (nSPS) is 16.1. The van der Waals surface area contributed by atoms with Crippen molar-refractivity contribution >= 4 is 23.9 Å². The Kier molecular flexibility index (Phi) is 12.6. The van der Waals surface area contributed by atoms with E-state index in [-0.39, 0.29) is 29.8 Å². The van der Waals surface area contributed by atoms with Gasteiger partial charge in [0, 0.05) is 18.3 Å². The summed E-state index contributed by atoms with van der Waals surface area (Å²) in [5, 5.41) is 9.70. The van der Waals surface area contributed by atoms with Crippen LogP contribution in [0.5, 0.6) is 11.5 Å². The number of carbonyl (C=O) groups excluding carboxylic acids is 3. The lowest BCUT2D eigenvalue weighted by Crippen LogP contribution is -2.42. The summed E-state index contributed by atoms with van der Waals surface area (Å²) in [6.45, 7) is 12.4. The SMILES string of the molecule is CCCC(=O)OC(C)C(C)C(c1ccc(OC(=O)C(C)CC)c(OC(=O)C(C)CC)c1)[C@H](N)C(=O)O. The summed E-state index contributed by atoms with van der Waals surface area (Å²) in [5.74, 6) is -4.61. The molecule has 0 fully saturated rings. The third kappa shape index (κ3) is 8.62. The average Bonchev–Trinajstić information content (AvgIpc) is 2.84. The highest BCUT2D eigenvalue weighted by molar-refractivity contribution is 5.79. The van der Waals surface area contributed by atoms with E-state index in [0.29, 0.717) is 24.8 Å². The summed E-state index contributed by atoms with van der Waals surface area (Å²) >= 11 is 0. The van der Waals surface area contributed by atoms with Crippen LogP contribution in [-0.4, -0.2) is 41.1 Å². The van der Waals surface area contributed by atoms with E-state index in [2.05, 4.69) is 0 Å². The van der Waals surface area contributed by atoms with Crippen LogP contribution >= 0.6 is 0 Å². The first kappa shape index (κ1) is 31.1. The number of aliphatic carboxylic acids is 1. The fourth-order valence-electron chi connectivity index (χ4n) is 3.51. The van der Waals surface area contributed by atoms with Crippen molar-refractivity contribution in [2.45, 2.75) is 92.2 Å². The molecule has 0 aliphatic rings. The first-order chi connectivity index (χ1) is 16.9. The van der Waals surface area contributed by atoms with Crippen molar-refractivity contribution in [3.63, 3.8) is 0 Å². The standard InChI is InChI=1S/C27H41NO8/c1-8-11-22(29)34-18(7)17(6)23(24(28)25(30)31)19-12-13-20(35-26(32)15(4)9-2)21(14-19)36-27(33)16(5)10-3/h12-18,23-24H,8-11,28H2,1-7H3,(H,30,31)/t15?,16?,17?,18?,23?,24-/m0/s1. The number of carboxylic acids is 1. The van der Waals surface area contributed by atoms with Gasteiger partial charge in [-0.25, -0.2) is 0 Å². The molecule has 9 heteroatoms. The Balaban J connectivity index is 3.50. The fourth-order valence-corrected chi connectivity index (χ4v) is 3.51. The minimum absolute atomic E-state index is 0.000118. The van der Waals surface area contributed by atoms with Gasteiger partial charge in [0.1, 0.15) is 12.1 Å². The third-order valence-corrected chi connectivity index (χ3v) is 6.55. The second kappa shape index (κ2) is 14.6. The van der Waals surface area contributed by atoms with Gasteiger partial charge in [0.15, 0.2) is 11.5 Å². The number of benzene rings is 1. The number of hydrogen-bond acceptors (Lipinski definition) is 8. The van der Waals surface area contributed by atoms with Gasteiger partial charge in [0.05, 0.1) is 11.8 Å². The van der Waals surface area contributed by atoms with Crippen LogP contribution in [0.3, 0.4) is 0 Å². The lowest BCUT2D eigenvalue weighted by molar-refractivity contribution is -0.151. The van der Waals surface area contributed by atoms with E-state index < -0.39 is 47.8 Å². The number of rotatable bonds is 14. The number of carboxylic acid groups (broad SMARTS) is 1. The molecule has 6 atom stereocenters. The van der Waals surface area contributed by atoms with Crippen LogP contribution in [0.15, 0.2) is 18.2 Å². The molecule has 1 rings (SSSR count). The number of ether oxygens (including phenoxy) is 3. The first-order valence-electron chi connectivity index (χ1n) is 12.6. The monoisotopic (exact) mass is 507 g/mol. The molecular weight excluding hydrogens is 466 g/mol. The largest absolute Gasteiger partial charge is 0.480 e. The average molecular weight is 508 g/mol. The van der Waals surface area contributed by atoms with Gasteiger partial charge >= 0.3 is 23.9 Å². The minimum Gasteiger partial charge on any atom is -0.480 e. The van der Waals surface area contributed by atoms with Gasteiger partial charge in [-0.15, -0.1) is 0 Å². The molecule has 1 aromatic rings. The van der Waals surface area contributed by atoms with E-state index in [4.69, 9.17) is 19.9 Å². The topological polar surface area (TPSA) is 142 Å². The number of nitrogens with two attached hydrogens (primary N) is 1. The Morgan fingerprint density at radius 2 is 1.42 bits per heavy atom. The molecule has 0 bridgehead atoms. The van der Waals surface area contributed by atoms with Crippen molar-refractivity contribution < 1.29 is 38.5 Å². The summed E-state index contributed by atoms with van der Waals surface area (Å²) in [6, 6.07) is 3.20. The van der Waals surface area contributed by atoms with E-state index in [1.165, 1.54) is 12.1 Å². The molecule has 0 spiro atoms. The Morgan fingerprint density at radius 1 is 0.889 bits per heavy atom. The van der Waals surface area contributed by atoms with E-state index in [9.17, 15) is 24.3 Å². The zero-order chi connectivity index (χ0) is 27.6. The molecule has 5 unspecified atom stereocenters. The van der Waals surface area contributed by atoms with Crippen LogP contribution in [-0.2, 0) is 23.9 Å². The highest BCUT2D eigenvalue weighted by Crippen LogP contribution is 2.37. The van der Waals surface area contributed by atoms with Crippen molar-refractivity contribution in [1.29, 1.82) is 0 Å². The van der Waals surface area contributed by atoms with Gasteiger partial charge in [0.2, 0.25) is 0 Å². The van der Waals surface area contributed by atoms with E-state index in [1.807, 2.05) is 20.8 Å². The molecule has 0 radical (unpaired) electrons. The Bertz CT molecular complexity index is 915. The summed E-state index contributed by atoms with van der Waals surface area (Å²) in [5.41, 5.74) is 6.54. The predicted octanol–water partition coefficient (Wildman–Crippen LogP) is 4.45. The highest BCUT2D eigenvalue weighted by atomic mass is 16.6. The lowest BCUT2D eigenvalue weighted by Gasteiger charge is -2.32. The molecule has 36 heavy (non-hydrogen) atoms. The summed E-state index contributed by atoms with van der Waals surface area (Å²) in [4.78, 5) is 48.9. The molecule has 202 valence electrons. The molecule has 0 aliphatic carbocycles. The van der Waals surface area contributed by atoms with Crippen molar-refractivity contribution in [1.82, 2.24) is 0 Å². The lowest BCUT2D eigenvalue weighted by atomic mass is 9.79. The van der Waals surface area contributed by atoms with Gasteiger partial charge in [-0.3, -0.25) is 19.2 Å². The van der Waals surface area contributed by atoms with Crippen molar-refractivity contribution in [3.8, 4) is 11.5 Å². The minimum atomic E-state index is -1.33. The zero-order valence-corrected chi connectivity index (χ0v) is 22.4. The maximum absolute atomic E-state index is 12.6. The second-order valence-electron chi connectivity index (χ2n) is 9.36. The summed E-state index contributed by atoms with van der Waals surface area (Å²) in [7, 11) is 0. The Labute approximate surface area is 213 Å². The van der Waals surface area contributed by atoms with Gasteiger partial charge in [-0.05, 0) is 43.9 Å². The van der Waals surface area contributed by atoms with Crippen LogP contribution < -0.4 is 15.2 Å². The van der Waals surface area contributed by atoms with Crippen molar-refractivity contribution in [2.24, 2.45) is 23.5 Å². The maximum atomic E-state index is 12.6. The molecule has 0 saturated carbocycles. The first-order valence-corrected chi connectivity index (χ1v) is 12.6. The van der Waals surface area contributed by atoms with E-state index >= 15 is 0 Å². The van der Waals surface area contributed by atoms with Crippen LogP contribution in [0.25, 0.3) is 0 Å². The fraction of sp³-hybridized carbons (Fsp3) is 0.630. The van der Waals surface area contributed by atoms with Crippen LogP contribution in [0.2, 0.25) is 0 Å². The molecule has 0 saturated heterocycles.